The fraction of sp³-hybridized carbons (Fsp3) is 0.250. The Balaban J connectivity index is 2.28. The lowest BCUT2D eigenvalue weighted by Gasteiger charge is -2.03. The third-order valence-electron chi connectivity index (χ3n) is 2.31. The van der Waals surface area contributed by atoms with Crippen molar-refractivity contribution < 1.29 is 0 Å². The molecule has 2 rings (SSSR count). The molecule has 6 heteroatoms. The van der Waals surface area contributed by atoms with Crippen molar-refractivity contribution in [1.29, 1.82) is 5.26 Å². The number of aryl methyl sites for hydroxylation is 1. The Morgan fingerprint density at radius 1 is 1.50 bits per heavy atom. The maximum Gasteiger partial charge on any atom is 0.184 e. The van der Waals surface area contributed by atoms with Gasteiger partial charge in [0.1, 0.15) is 0 Å². The molecule has 0 aliphatic heterocycles. The quantitative estimate of drug-likeness (QED) is 0.486. The van der Waals surface area contributed by atoms with Gasteiger partial charge < -0.3 is 0 Å². The van der Waals surface area contributed by atoms with Crippen LogP contribution in [0.3, 0.4) is 0 Å². The molecule has 3 nitrogen and oxygen atoms in total. The van der Waals surface area contributed by atoms with E-state index < -0.39 is 0 Å². The van der Waals surface area contributed by atoms with Gasteiger partial charge in [-0.1, -0.05) is 41.3 Å². The molecule has 0 aliphatic rings. The zero-order valence-corrected chi connectivity index (χ0v) is 12.2. The molecule has 18 heavy (non-hydrogen) atoms. The van der Waals surface area contributed by atoms with E-state index in [9.17, 15) is 0 Å². The Labute approximate surface area is 119 Å². The summed E-state index contributed by atoms with van der Waals surface area (Å²) >= 11 is 8.40. The first kappa shape index (κ1) is 13.3. The lowest BCUT2D eigenvalue weighted by Crippen LogP contribution is -1.98. The highest BCUT2D eigenvalue weighted by Gasteiger charge is 2.07. The maximum atomic E-state index is 8.51. The highest BCUT2D eigenvalue weighted by Crippen LogP contribution is 2.25. The number of nitrogens with zero attached hydrogens (tertiary/aromatic N) is 3. The number of thioether (sulfide) groups is 1. The highest BCUT2D eigenvalue weighted by atomic mass is 32.2. The number of aromatic nitrogens is 2. The van der Waals surface area contributed by atoms with E-state index in [-0.39, 0.29) is 0 Å². The summed E-state index contributed by atoms with van der Waals surface area (Å²) < 4.78 is 3.45. The van der Waals surface area contributed by atoms with E-state index in [0.717, 1.165) is 25.3 Å². The zero-order valence-electron chi connectivity index (χ0n) is 9.79. The van der Waals surface area contributed by atoms with Gasteiger partial charge in [0, 0.05) is 12.2 Å². The SMILES string of the molecule is Cc1ccccc1-n1nc(SCCC#N)sc1=S. The number of rotatable bonds is 4. The average Bonchev–Trinajstić information content (AvgIpc) is 2.71. The molecule has 1 aromatic heterocycles. The molecule has 0 unspecified atom stereocenters. The third kappa shape index (κ3) is 2.99. The van der Waals surface area contributed by atoms with Gasteiger partial charge in [-0.15, -0.1) is 5.10 Å². The first-order valence-corrected chi connectivity index (χ1v) is 7.59. The molecule has 0 saturated heterocycles. The zero-order chi connectivity index (χ0) is 13.0. The van der Waals surface area contributed by atoms with Crippen LogP contribution in [0, 0.1) is 22.2 Å². The lowest BCUT2D eigenvalue weighted by molar-refractivity contribution is 0.823. The molecule has 92 valence electrons. The van der Waals surface area contributed by atoms with Gasteiger partial charge in [0.15, 0.2) is 8.29 Å². The van der Waals surface area contributed by atoms with Crippen LogP contribution < -0.4 is 0 Å². The number of hydrogen-bond donors (Lipinski definition) is 0. The molecule has 0 N–H and O–H groups in total. The van der Waals surface area contributed by atoms with E-state index in [1.807, 2.05) is 31.2 Å². The van der Waals surface area contributed by atoms with Crippen molar-refractivity contribution in [2.75, 3.05) is 5.75 Å². The monoisotopic (exact) mass is 293 g/mol. The summed E-state index contributed by atoms with van der Waals surface area (Å²) in [7, 11) is 0. The van der Waals surface area contributed by atoms with Gasteiger partial charge in [-0.3, -0.25) is 0 Å². The predicted molar refractivity (Wildman–Crippen MR) is 78.0 cm³/mol. The summed E-state index contributed by atoms with van der Waals surface area (Å²) in [5, 5.41) is 13.0. The summed E-state index contributed by atoms with van der Waals surface area (Å²) in [5.41, 5.74) is 2.17. The predicted octanol–water partition coefficient (Wildman–Crippen LogP) is 3.98. The second-order valence-electron chi connectivity index (χ2n) is 3.59. The van der Waals surface area contributed by atoms with Gasteiger partial charge >= 0.3 is 0 Å². The summed E-state index contributed by atoms with van der Waals surface area (Å²) in [5.74, 6) is 0.757. The Kier molecular flexibility index (Phi) is 4.53. The van der Waals surface area contributed by atoms with Crippen LogP contribution >= 0.6 is 35.3 Å². The Morgan fingerprint density at radius 2 is 2.28 bits per heavy atom. The number of para-hydroxylation sites is 1. The van der Waals surface area contributed by atoms with E-state index in [2.05, 4.69) is 11.2 Å². The van der Waals surface area contributed by atoms with E-state index in [1.54, 1.807) is 16.4 Å². The Hall–Kier alpha value is -1.16. The molecule has 1 aromatic carbocycles. The van der Waals surface area contributed by atoms with Crippen LogP contribution in [0.4, 0.5) is 0 Å². The standard InChI is InChI=1S/C12H11N3S3/c1-9-5-2-3-6-10(9)15-12(16)18-11(14-15)17-8-4-7-13/h2-3,5-6H,4,8H2,1H3. The minimum absolute atomic E-state index is 0.529. The Bertz CT molecular complexity index is 637. The van der Waals surface area contributed by atoms with Crippen LogP contribution in [0.2, 0.25) is 0 Å². The lowest BCUT2D eigenvalue weighted by atomic mass is 10.2. The number of hydrogen-bond acceptors (Lipinski definition) is 5. The van der Waals surface area contributed by atoms with Crippen molar-refractivity contribution in [1.82, 2.24) is 9.78 Å². The van der Waals surface area contributed by atoms with Crippen LogP contribution in [0.1, 0.15) is 12.0 Å². The summed E-state index contributed by atoms with van der Waals surface area (Å²) in [4.78, 5) is 0. The largest absolute Gasteiger partial charge is 0.211 e. The van der Waals surface area contributed by atoms with E-state index >= 15 is 0 Å². The summed E-state index contributed by atoms with van der Waals surface area (Å²) in [6, 6.07) is 10.1. The van der Waals surface area contributed by atoms with Gasteiger partial charge in [0.25, 0.3) is 0 Å². The molecule has 0 spiro atoms. The van der Waals surface area contributed by atoms with Crippen molar-refractivity contribution in [2.45, 2.75) is 17.7 Å². The second kappa shape index (κ2) is 6.14. The smallest absolute Gasteiger partial charge is 0.184 e. The molecular formula is C12H11N3S3. The van der Waals surface area contributed by atoms with Gasteiger partial charge in [-0.25, -0.2) is 4.68 Å². The minimum atomic E-state index is 0.529. The fourth-order valence-electron chi connectivity index (χ4n) is 1.46. The van der Waals surface area contributed by atoms with E-state index in [1.165, 1.54) is 11.3 Å². The maximum absolute atomic E-state index is 8.51. The average molecular weight is 293 g/mol. The first-order valence-electron chi connectivity index (χ1n) is 5.38. The van der Waals surface area contributed by atoms with Crippen molar-refractivity contribution in [3.8, 4) is 11.8 Å². The normalized spacial score (nSPS) is 10.2. The topological polar surface area (TPSA) is 41.6 Å². The van der Waals surface area contributed by atoms with E-state index in [0.29, 0.717) is 6.42 Å². The van der Waals surface area contributed by atoms with Gasteiger partial charge in [-0.2, -0.15) is 5.26 Å². The van der Waals surface area contributed by atoms with Crippen LogP contribution in [0.5, 0.6) is 0 Å². The van der Waals surface area contributed by atoms with Crippen LogP contribution in [0.15, 0.2) is 28.6 Å². The van der Waals surface area contributed by atoms with Gasteiger partial charge in [0.2, 0.25) is 0 Å². The summed E-state index contributed by atoms with van der Waals surface area (Å²) in [6.07, 6.45) is 0.529. The molecule has 0 amide bonds. The number of benzene rings is 1. The molecule has 1 heterocycles. The highest BCUT2D eigenvalue weighted by molar-refractivity contribution is 8.01. The molecule has 0 aliphatic carbocycles. The molecule has 2 aromatic rings. The van der Waals surface area contributed by atoms with Crippen LogP contribution in [-0.4, -0.2) is 15.5 Å². The molecular weight excluding hydrogens is 282 g/mol. The van der Waals surface area contributed by atoms with Crippen molar-refractivity contribution in [2.24, 2.45) is 0 Å². The number of nitriles is 1. The van der Waals surface area contributed by atoms with Crippen molar-refractivity contribution in [3.63, 3.8) is 0 Å². The Morgan fingerprint density at radius 3 is 3.00 bits per heavy atom. The van der Waals surface area contributed by atoms with E-state index in [4.69, 9.17) is 17.5 Å². The first-order chi connectivity index (χ1) is 8.72. The molecule has 0 bridgehead atoms. The second-order valence-corrected chi connectivity index (χ2v) is 6.55. The molecule has 0 saturated carbocycles. The summed E-state index contributed by atoms with van der Waals surface area (Å²) in [6.45, 7) is 2.04. The fourth-order valence-corrected chi connectivity index (χ4v) is 3.72. The van der Waals surface area contributed by atoms with Crippen molar-refractivity contribution in [3.05, 3.63) is 33.8 Å². The van der Waals surface area contributed by atoms with Crippen LogP contribution in [0.25, 0.3) is 5.69 Å². The molecule has 0 atom stereocenters. The third-order valence-corrected chi connectivity index (χ3v) is 4.68. The van der Waals surface area contributed by atoms with Crippen LogP contribution in [-0.2, 0) is 0 Å². The molecule has 0 fully saturated rings. The minimum Gasteiger partial charge on any atom is -0.211 e. The van der Waals surface area contributed by atoms with Gasteiger partial charge in [0.05, 0.1) is 11.8 Å². The van der Waals surface area contributed by atoms with Gasteiger partial charge in [-0.05, 0) is 30.8 Å². The van der Waals surface area contributed by atoms with Crippen molar-refractivity contribution >= 4 is 35.3 Å². The molecule has 0 radical (unpaired) electrons.